The second-order valence-corrected chi connectivity index (χ2v) is 9.28. The molecule has 28 heavy (non-hydrogen) atoms. The molecule has 2 amide bonds. The van der Waals surface area contributed by atoms with Crippen molar-refractivity contribution in [1.29, 1.82) is 0 Å². The summed E-state index contributed by atoms with van der Waals surface area (Å²) >= 11 is 3.94. The number of carbonyl (C=O) groups is 3. The second kappa shape index (κ2) is 7.94. The Labute approximate surface area is 172 Å². The van der Waals surface area contributed by atoms with Gasteiger partial charge in [-0.1, -0.05) is 53.4 Å². The van der Waals surface area contributed by atoms with Gasteiger partial charge in [0, 0.05) is 10.7 Å². The molecule has 0 saturated carbocycles. The highest BCUT2D eigenvalue weighted by Crippen LogP contribution is 2.45. The van der Waals surface area contributed by atoms with E-state index in [1.54, 1.807) is 5.51 Å². The van der Waals surface area contributed by atoms with Gasteiger partial charge in [0.15, 0.2) is 4.34 Å². The number of benzene rings is 1. The molecule has 1 aromatic heterocycles. The first-order chi connectivity index (χ1) is 13.5. The van der Waals surface area contributed by atoms with Gasteiger partial charge in [0.05, 0.1) is 6.42 Å². The van der Waals surface area contributed by atoms with Crippen LogP contribution in [-0.2, 0) is 20.8 Å². The van der Waals surface area contributed by atoms with Gasteiger partial charge in [0.2, 0.25) is 5.91 Å². The molecule has 1 fully saturated rings. The molecule has 11 heteroatoms. The lowest BCUT2D eigenvalue weighted by Gasteiger charge is -2.49. The Balaban J connectivity index is 1.47. The molecular formula is C17H14N4O4S3. The summed E-state index contributed by atoms with van der Waals surface area (Å²) in [7, 11) is 0. The molecule has 0 spiro atoms. The van der Waals surface area contributed by atoms with Crippen LogP contribution in [0, 0.1) is 0 Å². The van der Waals surface area contributed by atoms with Crippen LogP contribution in [-0.4, -0.2) is 55.2 Å². The van der Waals surface area contributed by atoms with Crippen molar-refractivity contribution in [3.05, 3.63) is 52.0 Å². The molecule has 2 aromatic rings. The summed E-state index contributed by atoms with van der Waals surface area (Å²) in [6, 6.07) is 8.51. The van der Waals surface area contributed by atoms with Crippen molar-refractivity contribution in [2.45, 2.75) is 22.2 Å². The van der Waals surface area contributed by atoms with Crippen LogP contribution in [0.4, 0.5) is 0 Å². The Morgan fingerprint density at radius 2 is 2.11 bits per heavy atom. The maximum atomic E-state index is 12.6. The molecule has 0 aliphatic carbocycles. The molecule has 1 aromatic carbocycles. The molecule has 3 heterocycles. The predicted molar refractivity (Wildman–Crippen MR) is 106 cm³/mol. The second-order valence-electron chi connectivity index (χ2n) is 6.00. The fraction of sp³-hybridized carbons (Fsp3) is 0.235. The highest BCUT2D eigenvalue weighted by Gasteiger charge is 2.54. The molecule has 2 aliphatic rings. The number of hydrogen-bond acceptors (Lipinski definition) is 8. The van der Waals surface area contributed by atoms with Crippen LogP contribution in [0.3, 0.4) is 0 Å². The number of carboxylic acid groups (broad SMARTS) is 1. The smallest absolute Gasteiger partial charge is 0.353 e. The van der Waals surface area contributed by atoms with Crippen LogP contribution in [0.2, 0.25) is 0 Å². The normalized spacial score (nSPS) is 21.1. The molecule has 0 bridgehead atoms. The summed E-state index contributed by atoms with van der Waals surface area (Å²) < 4.78 is 0.619. The van der Waals surface area contributed by atoms with Crippen molar-refractivity contribution in [1.82, 2.24) is 20.4 Å². The van der Waals surface area contributed by atoms with Gasteiger partial charge in [-0.25, -0.2) is 4.79 Å². The number of carboxylic acids is 1. The zero-order valence-corrected chi connectivity index (χ0v) is 16.7. The van der Waals surface area contributed by atoms with E-state index in [9.17, 15) is 19.5 Å². The Morgan fingerprint density at radius 3 is 2.79 bits per heavy atom. The van der Waals surface area contributed by atoms with E-state index in [1.165, 1.54) is 39.8 Å². The van der Waals surface area contributed by atoms with Crippen molar-refractivity contribution in [3.63, 3.8) is 0 Å². The van der Waals surface area contributed by atoms with Crippen molar-refractivity contribution in [2.75, 3.05) is 5.75 Å². The molecule has 2 atom stereocenters. The van der Waals surface area contributed by atoms with Gasteiger partial charge >= 0.3 is 5.97 Å². The molecule has 8 nitrogen and oxygen atoms in total. The summed E-state index contributed by atoms with van der Waals surface area (Å²) in [5, 5.41) is 19.6. The molecule has 2 aliphatic heterocycles. The molecule has 1 unspecified atom stereocenters. The molecule has 144 valence electrons. The van der Waals surface area contributed by atoms with E-state index in [-0.39, 0.29) is 18.0 Å². The lowest BCUT2D eigenvalue weighted by Crippen LogP contribution is -2.70. The number of carbonyl (C=O) groups excluding carboxylic acids is 2. The van der Waals surface area contributed by atoms with Gasteiger partial charge < -0.3 is 10.4 Å². The van der Waals surface area contributed by atoms with E-state index in [0.29, 0.717) is 15.0 Å². The quantitative estimate of drug-likeness (QED) is 0.659. The molecule has 1 saturated heterocycles. The fourth-order valence-corrected chi connectivity index (χ4v) is 6.10. The van der Waals surface area contributed by atoms with Crippen molar-refractivity contribution >= 4 is 52.6 Å². The number of nitrogens with zero attached hydrogens (tertiary/aromatic N) is 3. The van der Waals surface area contributed by atoms with E-state index in [1.807, 2.05) is 30.3 Å². The van der Waals surface area contributed by atoms with Gasteiger partial charge in [0.1, 0.15) is 22.6 Å². The largest absolute Gasteiger partial charge is 0.477 e. The number of rotatable bonds is 6. The standard InChI is InChI=1S/C17H14N4O4S3/c22-11(6-9-4-2-1-3-5-9)19-12-14(23)21-13(16(24)25)10(7-26-15(12)21)28-17-20-18-8-27-17/h1-5,8,12,15H,6-7H2,(H,19,22)(H,24,25)/t12?,15-/m1/s1. The zero-order chi connectivity index (χ0) is 19.7. The van der Waals surface area contributed by atoms with E-state index < -0.39 is 23.3 Å². The number of hydrogen-bond donors (Lipinski definition) is 2. The summed E-state index contributed by atoms with van der Waals surface area (Å²) in [5.41, 5.74) is 2.37. The van der Waals surface area contributed by atoms with Gasteiger partial charge in [-0.3, -0.25) is 14.5 Å². The van der Waals surface area contributed by atoms with Crippen molar-refractivity contribution in [2.24, 2.45) is 0 Å². The first-order valence-electron chi connectivity index (χ1n) is 8.23. The average Bonchev–Trinajstić information content (AvgIpc) is 3.19. The summed E-state index contributed by atoms with van der Waals surface area (Å²) in [4.78, 5) is 38.5. The number of β-lactam (4-membered cyclic amide) rings is 1. The minimum atomic E-state index is -1.17. The molecule has 2 N–H and O–H groups in total. The Morgan fingerprint density at radius 1 is 1.32 bits per heavy atom. The number of thioether (sulfide) groups is 2. The Bertz CT molecular complexity index is 949. The summed E-state index contributed by atoms with van der Waals surface area (Å²) in [6.45, 7) is 0. The van der Waals surface area contributed by atoms with Crippen LogP contribution in [0.1, 0.15) is 5.56 Å². The maximum absolute atomic E-state index is 12.6. The van der Waals surface area contributed by atoms with Crippen LogP contribution in [0.25, 0.3) is 0 Å². The first-order valence-corrected chi connectivity index (χ1v) is 11.0. The van der Waals surface area contributed by atoms with Crippen molar-refractivity contribution < 1.29 is 19.5 Å². The highest BCUT2D eigenvalue weighted by atomic mass is 32.2. The lowest BCUT2D eigenvalue weighted by molar-refractivity contribution is -0.150. The molecule has 4 rings (SSSR count). The molecule has 0 radical (unpaired) electrons. The third-order valence-electron chi connectivity index (χ3n) is 4.21. The van der Waals surface area contributed by atoms with Gasteiger partial charge in [0.25, 0.3) is 5.91 Å². The predicted octanol–water partition coefficient (Wildman–Crippen LogP) is 1.57. The minimum absolute atomic E-state index is 0.0393. The summed E-state index contributed by atoms with van der Waals surface area (Å²) in [5.74, 6) is -1.42. The van der Waals surface area contributed by atoms with Gasteiger partial charge in [-0.2, -0.15) is 0 Å². The van der Waals surface area contributed by atoms with Gasteiger partial charge in [-0.15, -0.1) is 22.0 Å². The number of fused-ring (bicyclic) bond motifs is 1. The SMILES string of the molecule is O=C(Cc1ccccc1)NC1C(=O)N2C(C(=O)O)=C(Sc3nncs3)CS[C@H]12. The zero-order valence-electron chi connectivity index (χ0n) is 14.3. The number of aliphatic carboxylic acids is 1. The van der Waals surface area contributed by atoms with Crippen molar-refractivity contribution in [3.8, 4) is 0 Å². The average molecular weight is 435 g/mol. The highest BCUT2D eigenvalue weighted by molar-refractivity contribution is 8.07. The van der Waals surface area contributed by atoms with Gasteiger partial charge in [-0.05, 0) is 5.56 Å². The van der Waals surface area contributed by atoms with E-state index in [4.69, 9.17) is 0 Å². The third kappa shape index (κ3) is 3.64. The van der Waals surface area contributed by atoms with Crippen LogP contribution in [0.15, 0.2) is 50.8 Å². The fourth-order valence-electron chi connectivity index (χ4n) is 2.99. The van der Waals surface area contributed by atoms with Crippen LogP contribution >= 0.6 is 34.9 Å². The van der Waals surface area contributed by atoms with Crippen LogP contribution < -0.4 is 5.32 Å². The van der Waals surface area contributed by atoms with E-state index in [0.717, 1.165) is 5.56 Å². The molecular weight excluding hydrogens is 420 g/mol. The van der Waals surface area contributed by atoms with Crippen LogP contribution in [0.5, 0.6) is 0 Å². The Hall–Kier alpha value is -2.37. The van der Waals surface area contributed by atoms with E-state index >= 15 is 0 Å². The lowest BCUT2D eigenvalue weighted by atomic mass is 10.0. The topological polar surface area (TPSA) is 112 Å². The third-order valence-corrected chi connectivity index (χ3v) is 7.54. The first kappa shape index (κ1) is 19.0. The number of nitrogens with one attached hydrogen (secondary N) is 1. The maximum Gasteiger partial charge on any atom is 0.353 e. The van der Waals surface area contributed by atoms with E-state index in [2.05, 4.69) is 15.5 Å². The monoisotopic (exact) mass is 434 g/mol. The number of aromatic nitrogens is 2. The Kier molecular flexibility index (Phi) is 5.38. The minimum Gasteiger partial charge on any atom is -0.477 e. The summed E-state index contributed by atoms with van der Waals surface area (Å²) in [6.07, 6.45) is 0.168. The number of amides is 2.